The molecule has 3 nitrogen and oxygen atoms in total. The zero-order chi connectivity index (χ0) is 12.6. The second-order valence-electron chi connectivity index (χ2n) is 5.33. The lowest BCUT2D eigenvalue weighted by Crippen LogP contribution is -2.35. The summed E-state index contributed by atoms with van der Waals surface area (Å²) in [5.41, 5.74) is 2.03. The first-order chi connectivity index (χ1) is 8.67. The van der Waals surface area contributed by atoms with E-state index in [-0.39, 0.29) is 5.75 Å². The fourth-order valence-corrected chi connectivity index (χ4v) is 4.92. The van der Waals surface area contributed by atoms with Gasteiger partial charge in [0.2, 0.25) is 0 Å². The van der Waals surface area contributed by atoms with Crippen molar-refractivity contribution in [3.63, 3.8) is 0 Å². The van der Waals surface area contributed by atoms with Gasteiger partial charge in [0.05, 0.1) is 10.6 Å². The monoisotopic (exact) mass is 265 g/mol. The number of hydrogen-bond acceptors (Lipinski definition) is 3. The van der Waals surface area contributed by atoms with Gasteiger partial charge in [0, 0.05) is 6.04 Å². The molecule has 3 rings (SSSR count). The van der Waals surface area contributed by atoms with E-state index in [0.717, 1.165) is 30.5 Å². The third kappa shape index (κ3) is 2.19. The van der Waals surface area contributed by atoms with Gasteiger partial charge in [-0.1, -0.05) is 24.6 Å². The summed E-state index contributed by atoms with van der Waals surface area (Å²) in [5, 5.41) is 3.49. The highest BCUT2D eigenvalue weighted by atomic mass is 32.2. The van der Waals surface area contributed by atoms with Crippen LogP contribution in [0.15, 0.2) is 23.1 Å². The standard InChI is InChI=1S/C14H19NO2S/c16-18(17)9-7-11-4-3-5-12(14(11)18)10-13-6-1-2-8-15-13/h3-5,13,15H,1-2,6-10H2. The second kappa shape index (κ2) is 4.67. The molecule has 4 heteroatoms. The van der Waals surface area contributed by atoms with Crippen LogP contribution in [0.5, 0.6) is 0 Å². The Kier molecular flexibility index (Phi) is 3.16. The van der Waals surface area contributed by atoms with E-state index < -0.39 is 9.84 Å². The average Bonchev–Trinajstić information content (AvgIpc) is 2.68. The van der Waals surface area contributed by atoms with Crippen molar-refractivity contribution in [1.82, 2.24) is 5.32 Å². The van der Waals surface area contributed by atoms with Crippen LogP contribution >= 0.6 is 0 Å². The molecule has 0 aromatic heterocycles. The molecule has 1 aromatic rings. The summed E-state index contributed by atoms with van der Waals surface area (Å²) in [6.07, 6.45) is 5.18. The van der Waals surface area contributed by atoms with Crippen LogP contribution in [-0.4, -0.2) is 26.8 Å². The van der Waals surface area contributed by atoms with Gasteiger partial charge in [-0.3, -0.25) is 0 Å². The molecule has 18 heavy (non-hydrogen) atoms. The van der Waals surface area contributed by atoms with Crippen LogP contribution < -0.4 is 5.32 Å². The molecule has 1 aromatic carbocycles. The molecule has 2 aliphatic rings. The molecule has 0 spiro atoms. The number of hydrogen-bond donors (Lipinski definition) is 1. The van der Waals surface area contributed by atoms with Gasteiger partial charge in [0.1, 0.15) is 0 Å². The van der Waals surface area contributed by atoms with Gasteiger partial charge in [-0.2, -0.15) is 0 Å². The Balaban J connectivity index is 1.91. The van der Waals surface area contributed by atoms with Gasteiger partial charge in [-0.25, -0.2) is 8.42 Å². The zero-order valence-corrected chi connectivity index (χ0v) is 11.3. The molecule has 0 amide bonds. The number of piperidine rings is 1. The van der Waals surface area contributed by atoms with Crippen LogP contribution in [0.3, 0.4) is 0 Å². The summed E-state index contributed by atoms with van der Waals surface area (Å²) >= 11 is 0. The minimum Gasteiger partial charge on any atom is -0.314 e. The molecule has 1 unspecified atom stereocenters. The van der Waals surface area contributed by atoms with Gasteiger partial charge < -0.3 is 5.32 Å². The Morgan fingerprint density at radius 3 is 2.94 bits per heavy atom. The summed E-state index contributed by atoms with van der Waals surface area (Å²) in [6, 6.07) is 6.38. The predicted octanol–water partition coefficient (Wildman–Crippen LogP) is 1.70. The van der Waals surface area contributed by atoms with Crippen molar-refractivity contribution in [3.8, 4) is 0 Å². The number of fused-ring (bicyclic) bond motifs is 1. The Morgan fingerprint density at radius 2 is 2.17 bits per heavy atom. The van der Waals surface area contributed by atoms with Crippen LogP contribution in [0.1, 0.15) is 30.4 Å². The molecule has 98 valence electrons. The van der Waals surface area contributed by atoms with E-state index in [9.17, 15) is 8.42 Å². The smallest absolute Gasteiger partial charge is 0.179 e. The molecule has 0 saturated carbocycles. The summed E-state index contributed by atoms with van der Waals surface area (Å²) < 4.78 is 24.2. The number of benzene rings is 1. The normalized spacial score (nSPS) is 25.9. The lowest BCUT2D eigenvalue weighted by molar-refractivity contribution is 0.398. The van der Waals surface area contributed by atoms with E-state index in [1.54, 1.807) is 0 Å². The molecule has 0 radical (unpaired) electrons. The van der Waals surface area contributed by atoms with E-state index in [4.69, 9.17) is 0 Å². The molecular formula is C14H19NO2S. The van der Waals surface area contributed by atoms with Crippen LogP contribution in [0.2, 0.25) is 0 Å². The van der Waals surface area contributed by atoms with Crippen molar-refractivity contribution in [1.29, 1.82) is 0 Å². The number of aryl methyl sites for hydroxylation is 1. The fourth-order valence-electron chi connectivity index (χ4n) is 3.11. The largest absolute Gasteiger partial charge is 0.314 e. The first-order valence-electron chi connectivity index (χ1n) is 6.74. The van der Waals surface area contributed by atoms with Crippen LogP contribution in [0.25, 0.3) is 0 Å². The molecule has 1 N–H and O–H groups in total. The second-order valence-corrected chi connectivity index (χ2v) is 7.37. The van der Waals surface area contributed by atoms with Gasteiger partial charge in [0.15, 0.2) is 9.84 Å². The van der Waals surface area contributed by atoms with Gasteiger partial charge in [-0.05, 0) is 43.4 Å². The zero-order valence-electron chi connectivity index (χ0n) is 10.5. The molecule has 2 aliphatic heterocycles. The van der Waals surface area contributed by atoms with Gasteiger partial charge in [-0.15, -0.1) is 0 Å². The van der Waals surface area contributed by atoms with E-state index in [1.165, 1.54) is 12.8 Å². The van der Waals surface area contributed by atoms with Crippen molar-refractivity contribution < 1.29 is 8.42 Å². The molecular weight excluding hydrogens is 246 g/mol. The number of sulfone groups is 1. The van der Waals surface area contributed by atoms with Gasteiger partial charge >= 0.3 is 0 Å². The highest BCUT2D eigenvalue weighted by Gasteiger charge is 2.29. The molecule has 1 fully saturated rings. The lowest BCUT2D eigenvalue weighted by Gasteiger charge is -2.24. The topological polar surface area (TPSA) is 46.2 Å². The van der Waals surface area contributed by atoms with Crippen molar-refractivity contribution in [2.24, 2.45) is 0 Å². The Bertz CT molecular complexity index is 545. The van der Waals surface area contributed by atoms with E-state index >= 15 is 0 Å². The molecule has 1 saturated heterocycles. The van der Waals surface area contributed by atoms with Gasteiger partial charge in [0.25, 0.3) is 0 Å². The lowest BCUT2D eigenvalue weighted by atomic mass is 9.96. The SMILES string of the molecule is O=S1(=O)CCc2cccc(CC3CCCCN3)c21. The van der Waals surface area contributed by atoms with Crippen LogP contribution in [-0.2, 0) is 22.7 Å². The Hall–Kier alpha value is -0.870. The van der Waals surface area contributed by atoms with E-state index in [1.807, 2.05) is 18.2 Å². The summed E-state index contributed by atoms with van der Waals surface area (Å²) in [6.45, 7) is 1.06. The molecule has 1 atom stereocenters. The molecule has 0 aliphatic carbocycles. The quantitative estimate of drug-likeness (QED) is 0.885. The highest BCUT2D eigenvalue weighted by molar-refractivity contribution is 7.91. The fraction of sp³-hybridized carbons (Fsp3) is 0.571. The highest BCUT2D eigenvalue weighted by Crippen LogP contribution is 2.30. The maximum atomic E-state index is 12.1. The average molecular weight is 265 g/mol. The number of rotatable bonds is 2. The third-order valence-corrected chi connectivity index (χ3v) is 5.90. The van der Waals surface area contributed by atoms with E-state index in [2.05, 4.69) is 5.32 Å². The van der Waals surface area contributed by atoms with Crippen LogP contribution in [0, 0.1) is 0 Å². The maximum absolute atomic E-state index is 12.1. The molecule has 2 heterocycles. The van der Waals surface area contributed by atoms with E-state index in [0.29, 0.717) is 17.4 Å². The Labute approximate surface area is 109 Å². The number of nitrogens with one attached hydrogen (secondary N) is 1. The molecule has 0 bridgehead atoms. The van der Waals surface area contributed by atoms with Crippen LogP contribution in [0.4, 0.5) is 0 Å². The summed E-state index contributed by atoms with van der Waals surface area (Å²) in [5.74, 6) is 0.289. The van der Waals surface area contributed by atoms with Crippen molar-refractivity contribution in [2.45, 2.75) is 43.0 Å². The predicted molar refractivity (Wildman–Crippen MR) is 71.5 cm³/mol. The summed E-state index contributed by atoms with van der Waals surface area (Å²) in [7, 11) is -3.01. The van der Waals surface area contributed by atoms with Crippen molar-refractivity contribution in [3.05, 3.63) is 29.3 Å². The van der Waals surface area contributed by atoms with Crippen molar-refractivity contribution in [2.75, 3.05) is 12.3 Å². The van der Waals surface area contributed by atoms with Crippen molar-refractivity contribution >= 4 is 9.84 Å². The third-order valence-electron chi connectivity index (χ3n) is 4.01. The first kappa shape index (κ1) is 12.2. The first-order valence-corrected chi connectivity index (χ1v) is 8.39. The Morgan fingerprint density at radius 1 is 1.28 bits per heavy atom. The minimum absolute atomic E-state index is 0.289. The minimum atomic E-state index is -3.01. The maximum Gasteiger partial charge on any atom is 0.179 e. The summed E-state index contributed by atoms with van der Waals surface area (Å²) in [4.78, 5) is 0.636.